The van der Waals surface area contributed by atoms with Gasteiger partial charge in [0.05, 0.1) is 5.52 Å². The molecule has 1 aromatic heterocycles. The van der Waals surface area contributed by atoms with Crippen molar-refractivity contribution < 1.29 is 9.53 Å². The van der Waals surface area contributed by atoms with Crippen molar-refractivity contribution in [3.63, 3.8) is 0 Å². The molecule has 0 bridgehead atoms. The van der Waals surface area contributed by atoms with Crippen LogP contribution in [0.1, 0.15) is 75.5 Å². The van der Waals surface area contributed by atoms with Gasteiger partial charge in [-0.05, 0) is 87.0 Å². The number of nitrogens with one attached hydrogen (secondary N) is 1. The van der Waals surface area contributed by atoms with E-state index in [0.29, 0.717) is 19.0 Å². The largest absolute Gasteiger partial charge is 0.457 e. The molecule has 1 aliphatic heterocycles. The van der Waals surface area contributed by atoms with Crippen LogP contribution in [0.5, 0.6) is 11.5 Å². The van der Waals surface area contributed by atoms with Crippen molar-refractivity contribution >= 4 is 16.8 Å². The van der Waals surface area contributed by atoms with Crippen LogP contribution in [0, 0.1) is 0 Å². The Balaban J connectivity index is 1.39. The molecule has 0 unspecified atom stereocenters. The SMILES string of the molecule is CCc1cccc2c([C@@H](CC(=O)NCCCN3CCCC[C@H]3C)c3cccc(Oc4ccccc4)c3)cn(CC)c12. The van der Waals surface area contributed by atoms with Crippen molar-refractivity contribution in [3.05, 3.63) is 95.7 Å². The first-order chi connectivity index (χ1) is 20.1. The smallest absolute Gasteiger partial charge is 0.220 e. The Morgan fingerprint density at radius 2 is 1.80 bits per heavy atom. The summed E-state index contributed by atoms with van der Waals surface area (Å²) >= 11 is 0. The van der Waals surface area contributed by atoms with E-state index in [-0.39, 0.29) is 11.8 Å². The Morgan fingerprint density at radius 3 is 2.59 bits per heavy atom. The van der Waals surface area contributed by atoms with Crippen LogP contribution < -0.4 is 10.1 Å². The third kappa shape index (κ3) is 7.02. The first-order valence-electron chi connectivity index (χ1n) is 15.5. The number of ether oxygens (including phenoxy) is 1. The lowest BCUT2D eigenvalue weighted by atomic mass is 9.87. The van der Waals surface area contributed by atoms with Gasteiger partial charge in [-0.3, -0.25) is 4.79 Å². The van der Waals surface area contributed by atoms with Crippen LogP contribution in [0.2, 0.25) is 0 Å². The van der Waals surface area contributed by atoms with E-state index in [1.165, 1.54) is 47.8 Å². The molecule has 0 spiro atoms. The first-order valence-corrected chi connectivity index (χ1v) is 15.5. The summed E-state index contributed by atoms with van der Waals surface area (Å²) in [5.41, 5.74) is 4.91. The van der Waals surface area contributed by atoms with Crippen LogP contribution in [-0.4, -0.2) is 41.1 Å². The molecule has 2 heterocycles. The monoisotopic (exact) mass is 551 g/mol. The third-order valence-electron chi connectivity index (χ3n) is 8.62. The van der Waals surface area contributed by atoms with Crippen molar-refractivity contribution in [2.75, 3.05) is 19.6 Å². The number of carbonyl (C=O) groups is 1. The minimum atomic E-state index is -0.0844. The van der Waals surface area contributed by atoms with Gasteiger partial charge in [-0.15, -0.1) is 0 Å². The molecule has 1 amide bonds. The summed E-state index contributed by atoms with van der Waals surface area (Å²) in [7, 11) is 0. The van der Waals surface area contributed by atoms with Crippen LogP contribution in [0.15, 0.2) is 79.0 Å². The van der Waals surface area contributed by atoms with Crippen LogP contribution in [0.4, 0.5) is 0 Å². The summed E-state index contributed by atoms with van der Waals surface area (Å²) in [5.74, 6) is 1.60. The van der Waals surface area contributed by atoms with E-state index >= 15 is 0 Å². The lowest BCUT2D eigenvalue weighted by Crippen LogP contribution is -2.39. The number of hydrogen-bond donors (Lipinski definition) is 1. The molecule has 1 saturated heterocycles. The lowest BCUT2D eigenvalue weighted by Gasteiger charge is -2.33. The van der Waals surface area contributed by atoms with Gasteiger partial charge in [0.1, 0.15) is 11.5 Å². The predicted octanol–water partition coefficient (Wildman–Crippen LogP) is 7.92. The van der Waals surface area contributed by atoms with Gasteiger partial charge in [0.25, 0.3) is 0 Å². The van der Waals surface area contributed by atoms with Gasteiger partial charge in [0.2, 0.25) is 5.91 Å². The number of aryl methyl sites for hydroxylation is 2. The number of piperidine rings is 1. The zero-order valence-corrected chi connectivity index (χ0v) is 24.9. The van der Waals surface area contributed by atoms with Gasteiger partial charge in [-0.1, -0.05) is 61.9 Å². The number of amides is 1. The summed E-state index contributed by atoms with van der Waals surface area (Å²) < 4.78 is 8.54. The number of rotatable bonds is 12. The zero-order chi connectivity index (χ0) is 28.6. The Hall–Kier alpha value is -3.57. The van der Waals surface area contributed by atoms with E-state index in [4.69, 9.17) is 4.74 Å². The minimum absolute atomic E-state index is 0.0844. The Kier molecular flexibility index (Phi) is 9.79. The second-order valence-corrected chi connectivity index (χ2v) is 11.4. The molecule has 1 aliphatic rings. The molecule has 5 nitrogen and oxygen atoms in total. The van der Waals surface area contributed by atoms with Crippen LogP contribution in [0.25, 0.3) is 10.9 Å². The normalized spacial score (nSPS) is 16.5. The maximum absolute atomic E-state index is 13.5. The fourth-order valence-corrected chi connectivity index (χ4v) is 6.36. The van der Waals surface area contributed by atoms with Gasteiger partial charge < -0.3 is 19.5 Å². The van der Waals surface area contributed by atoms with Crippen LogP contribution >= 0.6 is 0 Å². The van der Waals surface area contributed by atoms with E-state index < -0.39 is 0 Å². The van der Waals surface area contributed by atoms with Gasteiger partial charge in [-0.25, -0.2) is 0 Å². The molecule has 5 heteroatoms. The molecule has 0 radical (unpaired) electrons. The summed E-state index contributed by atoms with van der Waals surface area (Å²) in [6.07, 6.45) is 8.53. The lowest BCUT2D eigenvalue weighted by molar-refractivity contribution is -0.121. The molecule has 1 fully saturated rings. The van der Waals surface area contributed by atoms with Crippen LogP contribution in [-0.2, 0) is 17.8 Å². The number of aromatic nitrogens is 1. The first kappa shape index (κ1) is 28.9. The molecular weight excluding hydrogens is 506 g/mol. The molecule has 2 atom stereocenters. The molecule has 41 heavy (non-hydrogen) atoms. The highest BCUT2D eigenvalue weighted by Crippen LogP contribution is 2.37. The molecule has 0 saturated carbocycles. The minimum Gasteiger partial charge on any atom is -0.457 e. The number of carbonyl (C=O) groups excluding carboxylic acids is 1. The molecule has 1 N–H and O–H groups in total. The predicted molar refractivity (Wildman–Crippen MR) is 169 cm³/mol. The summed E-state index contributed by atoms with van der Waals surface area (Å²) in [6, 6.07) is 25.3. The van der Waals surface area contributed by atoms with Crippen LogP contribution in [0.3, 0.4) is 0 Å². The molecule has 216 valence electrons. The average Bonchev–Trinajstić information content (AvgIpc) is 3.38. The van der Waals surface area contributed by atoms with Gasteiger partial charge >= 0.3 is 0 Å². The second kappa shape index (κ2) is 13.9. The van der Waals surface area contributed by atoms with Crippen molar-refractivity contribution in [1.82, 2.24) is 14.8 Å². The van der Waals surface area contributed by atoms with E-state index in [1.54, 1.807) is 0 Å². The highest BCUT2D eigenvalue weighted by molar-refractivity contribution is 5.89. The third-order valence-corrected chi connectivity index (χ3v) is 8.62. The maximum Gasteiger partial charge on any atom is 0.220 e. The van der Waals surface area contributed by atoms with Gasteiger partial charge in [-0.2, -0.15) is 0 Å². The highest BCUT2D eigenvalue weighted by Gasteiger charge is 2.24. The van der Waals surface area contributed by atoms with E-state index in [1.807, 2.05) is 42.5 Å². The standard InChI is InChI=1S/C36H45N3O2/c1-4-28-15-12-20-32-34(26-38(5-2)36(28)32)33(25-35(40)37-21-13-23-39-22-10-9-14-27(39)3)29-16-11-19-31(24-29)41-30-17-7-6-8-18-30/h6-8,11-12,15-20,24,26-27,33H,4-5,9-10,13-14,21-23,25H2,1-3H3,(H,37,40)/t27-,33+/m1/s1. The Morgan fingerprint density at radius 1 is 1.00 bits per heavy atom. The topological polar surface area (TPSA) is 46.5 Å². The quantitative estimate of drug-likeness (QED) is 0.182. The number of likely N-dealkylation sites (tertiary alicyclic amines) is 1. The van der Waals surface area contributed by atoms with E-state index in [9.17, 15) is 4.79 Å². The Labute approximate surface area is 245 Å². The fraction of sp³-hybridized carbons (Fsp3) is 0.417. The average molecular weight is 552 g/mol. The molecule has 0 aliphatic carbocycles. The van der Waals surface area contributed by atoms with Crippen molar-refractivity contribution in [2.24, 2.45) is 0 Å². The number of fused-ring (bicyclic) bond motifs is 1. The highest BCUT2D eigenvalue weighted by atomic mass is 16.5. The second-order valence-electron chi connectivity index (χ2n) is 11.4. The van der Waals surface area contributed by atoms with Gasteiger partial charge in [0, 0.05) is 49.6 Å². The molecule has 3 aromatic carbocycles. The molecule has 5 rings (SSSR count). The van der Waals surface area contributed by atoms with E-state index in [2.05, 4.69) is 72.1 Å². The summed E-state index contributed by atoms with van der Waals surface area (Å²) in [4.78, 5) is 16.0. The summed E-state index contributed by atoms with van der Waals surface area (Å²) in [6.45, 7) is 10.6. The fourth-order valence-electron chi connectivity index (χ4n) is 6.36. The van der Waals surface area contributed by atoms with Gasteiger partial charge in [0.15, 0.2) is 0 Å². The van der Waals surface area contributed by atoms with E-state index in [0.717, 1.165) is 43.0 Å². The molecular formula is C36H45N3O2. The summed E-state index contributed by atoms with van der Waals surface area (Å²) in [5, 5.41) is 4.48. The number of benzene rings is 3. The number of para-hydroxylation sites is 2. The van der Waals surface area contributed by atoms with Crippen molar-refractivity contribution in [2.45, 2.75) is 77.8 Å². The zero-order valence-electron chi connectivity index (χ0n) is 24.9. The maximum atomic E-state index is 13.5. The van der Waals surface area contributed by atoms with Crippen molar-refractivity contribution in [3.8, 4) is 11.5 Å². The Bertz CT molecular complexity index is 1430. The van der Waals surface area contributed by atoms with Crippen molar-refractivity contribution in [1.29, 1.82) is 0 Å². The number of nitrogens with zero attached hydrogens (tertiary/aromatic N) is 2. The molecule has 4 aromatic rings. The number of hydrogen-bond acceptors (Lipinski definition) is 3.